The van der Waals surface area contributed by atoms with Crippen molar-refractivity contribution in [3.05, 3.63) is 135 Å². The van der Waals surface area contributed by atoms with E-state index in [1.807, 2.05) is 60.7 Å². The largest absolute Gasteiger partial charge is 0.354 e. The molecule has 7 heteroatoms. The number of anilines is 2. The third-order valence-corrected chi connectivity index (χ3v) is 6.24. The smallest absolute Gasteiger partial charge is 0.270 e. The first-order chi connectivity index (χ1) is 18.0. The van der Waals surface area contributed by atoms with E-state index in [0.717, 1.165) is 29.9 Å². The van der Waals surface area contributed by atoms with Crippen LogP contribution in [0.1, 0.15) is 22.3 Å². The topological polar surface area (TPSA) is 87.5 Å². The van der Waals surface area contributed by atoms with Crippen LogP contribution in [0.2, 0.25) is 0 Å². The van der Waals surface area contributed by atoms with E-state index in [4.69, 9.17) is 0 Å². The van der Waals surface area contributed by atoms with Gasteiger partial charge in [-0.05, 0) is 41.9 Å². The van der Waals surface area contributed by atoms with Crippen molar-refractivity contribution in [3.8, 4) is 0 Å². The molecule has 4 aromatic carbocycles. The summed E-state index contributed by atoms with van der Waals surface area (Å²) in [7, 11) is 2.09. The molecular formula is C30H26N4O3. The van der Waals surface area contributed by atoms with Gasteiger partial charge < -0.3 is 10.6 Å². The Labute approximate surface area is 215 Å². The molecule has 5 rings (SSSR count). The zero-order valence-corrected chi connectivity index (χ0v) is 20.3. The Bertz CT molecular complexity index is 1470. The molecule has 2 N–H and O–H groups in total. The van der Waals surface area contributed by atoms with Crippen molar-refractivity contribution < 1.29 is 9.72 Å². The van der Waals surface area contributed by atoms with Gasteiger partial charge in [0.2, 0.25) is 0 Å². The predicted octanol–water partition coefficient (Wildman–Crippen LogP) is 6.16. The summed E-state index contributed by atoms with van der Waals surface area (Å²) in [4.78, 5) is 26.3. The van der Waals surface area contributed by atoms with Gasteiger partial charge >= 0.3 is 0 Å². The number of hydrogen-bond acceptors (Lipinski definition) is 5. The van der Waals surface area contributed by atoms with Gasteiger partial charge in [0, 0.05) is 42.2 Å². The van der Waals surface area contributed by atoms with Crippen molar-refractivity contribution in [1.82, 2.24) is 4.90 Å². The molecule has 0 unspecified atom stereocenters. The van der Waals surface area contributed by atoms with Crippen LogP contribution in [-0.4, -0.2) is 22.8 Å². The normalized spacial score (nSPS) is 13.7. The lowest BCUT2D eigenvalue weighted by Crippen LogP contribution is -2.17. The molecule has 0 spiro atoms. The van der Waals surface area contributed by atoms with Gasteiger partial charge in [-0.1, -0.05) is 72.8 Å². The zero-order chi connectivity index (χ0) is 25.8. The van der Waals surface area contributed by atoms with E-state index in [1.54, 1.807) is 6.07 Å². The van der Waals surface area contributed by atoms with Crippen molar-refractivity contribution in [1.29, 1.82) is 0 Å². The quantitative estimate of drug-likeness (QED) is 0.175. The Kier molecular flexibility index (Phi) is 6.78. The molecule has 184 valence electrons. The van der Waals surface area contributed by atoms with Gasteiger partial charge in [-0.2, -0.15) is 0 Å². The molecule has 0 bridgehead atoms. The van der Waals surface area contributed by atoms with Crippen LogP contribution >= 0.6 is 0 Å². The maximum atomic E-state index is 13.1. The van der Waals surface area contributed by atoms with E-state index in [2.05, 4.69) is 46.8 Å². The molecule has 1 aliphatic rings. The van der Waals surface area contributed by atoms with Crippen LogP contribution in [0.4, 0.5) is 17.1 Å². The molecule has 0 aliphatic carbocycles. The molecular weight excluding hydrogens is 464 g/mol. The highest BCUT2D eigenvalue weighted by Crippen LogP contribution is 2.39. The summed E-state index contributed by atoms with van der Waals surface area (Å²) in [5.41, 5.74) is 6.00. The molecule has 1 heterocycles. The van der Waals surface area contributed by atoms with Crippen LogP contribution in [0, 0.1) is 10.1 Å². The van der Waals surface area contributed by atoms with E-state index in [0.29, 0.717) is 22.5 Å². The molecule has 0 aromatic heterocycles. The van der Waals surface area contributed by atoms with E-state index in [1.165, 1.54) is 17.7 Å². The monoisotopic (exact) mass is 490 g/mol. The first kappa shape index (κ1) is 24.0. The summed E-state index contributed by atoms with van der Waals surface area (Å²) in [6, 6.07) is 32.3. The molecule has 0 radical (unpaired) electrons. The third kappa shape index (κ3) is 5.42. The summed E-state index contributed by atoms with van der Waals surface area (Å²) in [6.07, 6.45) is 0. The minimum absolute atomic E-state index is 0.0656. The molecule has 0 saturated carbocycles. The number of nitro benzene ring substituents is 1. The summed E-state index contributed by atoms with van der Waals surface area (Å²) < 4.78 is 0. The standard InChI is InChI=1S/C30H26N4O3/c1-33(19-21-8-4-2-5-9-21)20-22-12-14-24(15-13-22)31-29(23-10-6-3-7-11-23)28-26-18-25(34(36)37)16-17-27(26)32-30(28)35/h2-18,31H,19-20H2,1H3,(H,32,35)/b29-28-. The number of hydrogen-bond donors (Lipinski definition) is 2. The SMILES string of the molecule is CN(Cc1ccccc1)Cc1ccc(N/C(=C2\C(=O)Nc3ccc([N+](=O)[O-])cc32)c2ccccc2)cc1. The minimum Gasteiger partial charge on any atom is -0.354 e. The number of nitro groups is 1. The van der Waals surface area contributed by atoms with Crippen molar-refractivity contribution in [2.75, 3.05) is 17.7 Å². The first-order valence-corrected chi connectivity index (χ1v) is 12.0. The molecule has 4 aromatic rings. The van der Waals surface area contributed by atoms with Crippen molar-refractivity contribution in [3.63, 3.8) is 0 Å². The molecule has 37 heavy (non-hydrogen) atoms. The Morgan fingerprint density at radius 2 is 1.49 bits per heavy atom. The highest BCUT2D eigenvalue weighted by atomic mass is 16.6. The van der Waals surface area contributed by atoms with Crippen molar-refractivity contribution in [2.45, 2.75) is 13.1 Å². The zero-order valence-electron chi connectivity index (χ0n) is 20.3. The van der Waals surface area contributed by atoms with Crippen molar-refractivity contribution in [2.24, 2.45) is 0 Å². The van der Waals surface area contributed by atoms with Gasteiger partial charge in [0.25, 0.3) is 11.6 Å². The summed E-state index contributed by atoms with van der Waals surface area (Å²) in [5.74, 6) is -0.305. The molecule has 0 atom stereocenters. The number of rotatable bonds is 8. The van der Waals surface area contributed by atoms with Gasteiger partial charge in [-0.15, -0.1) is 0 Å². The summed E-state index contributed by atoms with van der Waals surface area (Å²) in [6.45, 7) is 1.65. The van der Waals surface area contributed by atoms with Gasteiger partial charge in [0.15, 0.2) is 0 Å². The second-order valence-electron chi connectivity index (χ2n) is 9.04. The van der Waals surface area contributed by atoms with Crippen molar-refractivity contribution >= 4 is 34.2 Å². The fourth-order valence-electron chi connectivity index (χ4n) is 4.50. The second-order valence-corrected chi connectivity index (χ2v) is 9.04. The number of carbonyl (C=O) groups is 1. The van der Waals surface area contributed by atoms with Gasteiger partial charge in [-0.3, -0.25) is 19.8 Å². The fourth-order valence-corrected chi connectivity index (χ4v) is 4.50. The Morgan fingerprint density at radius 3 is 2.14 bits per heavy atom. The van der Waals surface area contributed by atoms with E-state index >= 15 is 0 Å². The molecule has 0 saturated heterocycles. The highest BCUT2D eigenvalue weighted by Gasteiger charge is 2.30. The first-order valence-electron chi connectivity index (χ1n) is 12.0. The van der Waals surface area contributed by atoms with Crippen LogP contribution in [-0.2, 0) is 17.9 Å². The number of non-ortho nitro benzene ring substituents is 1. The maximum absolute atomic E-state index is 13.1. The summed E-state index contributed by atoms with van der Waals surface area (Å²) in [5, 5.41) is 17.6. The van der Waals surface area contributed by atoms with E-state index in [-0.39, 0.29) is 11.6 Å². The number of nitrogens with one attached hydrogen (secondary N) is 2. The molecule has 0 fully saturated rings. The van der Waals surface area contributed by atoms with Crippen LogP contribution in [0.5, 0.6) is 0 Å². The Morgan fingerprint density at radius 1 is 0.865 bits per heavy atom. The second kappa shape index (κ2) is 10.5. The van der Waals surface area contributed by atoms with Gasteiger partial charge in [-0.25, -0.2) is 0 Å². The van der Waals surface area contributed by atoms with Gasteiger partial charge in [0.05, 0.1) is 16.2 Å². The Balaban J connectivity index is 1.44. The number of nitrogens with zero attached hydrogens (tertiary/aromatic N) is 2. The lowest BCUT2D eigenvalue weighted by molar-refractivity contribution is -0.384. The Hall–Kier alpha value is -4.75. The van der Waals surface area contributed by atoms with E-state index in [9.17, 15) is 14.9 Å². The lowest BCUT2D eigenvalue weighted by atomic mass is 9.99. The van der Waals surface area contributed by atoms with Crippen LogP contribution in [0.3, 0.4) is 0 Å². The molecule has 7 nitrogen and oxygen atoms in total. The van der Waals surface area contributed by atoms with Crippen LogP contribution in [0.15, 0.2) is 103 Å². The number of amides is 1. The average molecular weight is 491 g/mol. The van der Waals surface area contributed by atoms with E-state index < -0.39 is 4.92 Å². The molecule has 1 aliphatic heterocycles. The molecule has 1 amide bonds. The number of benzene rings is 4. The van der Waals surface area contributed by atoms with Crippen LogP contribution < -0.4 is 10.6 Å². The number of carbonyl (C=O) groups excluding carboxylic acids is 1. The highest BCUT2D eigenvalue weighted by molar-refractivity contribution is 6.37. The number of fused-ring (bicyclic) bond motifs is 1. The predicted molar refractivity (Wildman–Crippen MR) is 147 cm³/mol. The third-order valence-electron chi connectivity index (χ3n) is 6.24. The minimum atomic E-state index is -0.455. The lowest BCUT2D eigenvalue weighted by Gasteiger charge is -2.18. The fraction of sp³-hybridized carbons (Fsp3) is 0.100. The summed E-state index contributed by atoms with van der Waals surface area (Å²) >= 11 is 0. The average Bonchev–Trinajstić information content (AvgIpc) is 3.24. The van der Waals surface area contributed by atoms with Gasteiger partial charge in [0.1, 0.15) is 0 Å². The maximum Gasteiger partial charge on any atom is 0.270 e. The van der Waals surface area contributed by atoms with Crippen LogP contribution in [0.25, 0.3) is 11.3 Å².